The van der Waals surface area contributed by atoms with Crippen LogP contribution in [-0.2, 0) is 0 Å². The number of ether oxygens (including phenoxy) is 1. The Morgan fingerprint density at radius 2 is 2.15 bits per heavy atom. The Bertz CT molecular complexity index is 794. The molecule has 2 bridgehead atoms. The molecule has 1 aliphatic rings. The van der Waals surface area contributed by atoms with Gasteiger partial charge in [0.25, 0.3) is 0 Å². The summed E-state index contributed by atoms with van der Waals surface area (Å²) in [4.78, 5) is 16.9. The van der Waals surface area contributed by atoms with Crippen LogP contribution in [0.4, 0.5) is 16.3 Å². The minimum absolute atomic E-state index is 0.0756. The van der Waals surface area contributed by atoms with Crippen molar-refractivity contribution in [3.8, 4) is 5.88 Å². The number of pyridine rings is 1. The van der Waals surface area contributed by atoms with Crippen LogP contribution in [-0.4, -0.2) is 30.4 Å². The number of nitrogens with zero attached hydrogens (tertiary/aromatic N) is 1. The molecule has 2 amide bonds. The molecular weight excluding hydrogens is 342 g/mol. The third-order valence-corrected chi connectivity index (χ3v) is 4.40. The van der Waals surface area contributed by atoms with Gasteiger partial charge in [-0.3, -0.25) is 5.32 Å². The third-order valence-electron chi connectivity index (χ3n) is 4.40. The summed E-state index contributed by atoms with van der Waals surface area (Å²) in [5, 5.41) is 16.7. The first kappa shape index (κ1) is 18.7. The van der Waals surface area contributed by atoms with E-state index in [0.29, 0.717) is 36.1 Å². The number of anilines is 2. The monoisotopic (exact) mass is 367 g/mol. The zero-order valence-electron chi connectivity index (χ0n) is 15.4. The number of hydrogen-bond acceptors (Lipinski definition) is 5. The predicted octanol–water partition coefficient (Wildman–Crippen LogP) is 3.94. The molecule has 7 heteroatoms. The Balaban J connectivity index is 1.88. The van der Waals surface area contributed by atoms with Gasteiger partial charge in [0.05, 0.1) is 12.6 Å². The lowest BCUT2D eigenvalue weighted by Gasteiger charge is -2.21. The van der Waals surface area contributed by atoms with Gasteiger partial charge in [-0.05, 0) is 37.8 Å². The highest BCUT2D eigenvalue weighted by Crippen LogP contribution is 2.29. The number of urea groups is 1. The average molecular weight is 367 g/mol. The van der Waals surface area contributed by atoms with E-state index in [-0.39, 0.29) is 12.1 Å². The van der Waals surface area contributed by atoms with Gasteiger partial charge in [0, 0.05) is 18.3 Å². The Morgan fingerprint density at radius 3 is 2.89 bits per heavy atom. The maximum Gasteiger partial charge on any atom is 0.320 e. The predicted molar refractivity (Wildman–Crippen MR) is 107 cm³/mol. The second-order valence-corrected chi connectivity index (χ2v) is 6.36. The highest BCUT2D eigenvalue weighted by Gasteiger charge is 2.18. The molecule has 0 radical (unpaired) electrons. The van der Waals surface area contributed by atoms with Crippen LogP contribution < -0.4 is 20.7 Å². The molecule has 0 fully saturated rings. The number of rotatable bonds is 4. The molecular formula is C20H25N5O2. The van der Waals surface area contributed by atoms with Crippen LogP contribution in [0.15, 0.2) is 36.4 Å². The maximum absolute atomic E-state index is 12.5. The molecule has 0 saturated heterocycles. The van der Waals surface area contributed by atoms with E-state index in [0.717, 1.165) is 24.8 Å². The van der Waals surface area contributed by atoms with Crippen molar-refractivity contribution in [2.45, 2.75) is 32.2 Å². The summed E-state index contributed by atoms with van der Waals surface area (Å²) < 4.78 is 5.87. The van der Waals surface area contributed by atoms with Crippen molar-refractivity contribution in [3.05, 3.63) is 47.5 Å². The van der Waals surface area contributed by atoms with Gasteiger partial charge in [0.15, 0.2) is 0 Å². The zero-order valence-corrected chi connectivity index (χ0v) is 15.4. The van der Waals surface area contributed by atoms with Crippen molar-refractivity contribution in [1.29, 1.82) is 5.41 Å². The van der Waals surface area contributed by atoms with Gasteiger partial charge < -0.3 is 20.8 Å². The summed E-state index contributed by atoms with van der Waals surface area (Å²) in [6, 6.07) is 11.2. The van der Waals surface area contributed by atoms with Gasteiger partial charge in [0.2, 0.25) is 5.88 Å². The lowest BCUT2D eigenvalue weighted by Crippen LogP contribution is -2.33. The smallest absolute Gasteiger partial charge is 0.320 e. The highest BCUT2D eigenvalue weighted by molar-refractivity contribution is 5.93. The van der Waals surface area contributed by atoms with Crippen LogP contribution in [0.25, 0.3) is 0 Å². The first-order chi connectivity index (χ1) is 13.2. The number of hydrogen-bond donors (Lipinski definition) is 4. The molecule has 1 aromatic carbocycles. The SMILES string of the molecule is CCNc1c(C=N)cc2nc1OCCCCC(c1ccccc1)NC(=O)N2. The number of nitrogens with one attached hydrogen (secondary N) is 4. The van der Waals surface area contributed by atoms with Crippen molar-refractivity contribution in [2.24, 2.45) is 0 Å². The molecule has 0 spiro atoms. The first-order valence-corrected chi connectivity index (χ1v) is 9.26. The molecule has 2 aromatic rings. The van der Waals surface area contributed by atoms with Gasteiger partial charge in [0.1, 0.15) is 11.5 Å². The number of carbonyl (C=O) groups is 1. The molecule has 0 saturated carbocycles. The lowest BCUT2D eigenvalue weighted by atomic mass is 10.0. The summed E-state index contributed by atoms with van der Waals surface area (Å²) in [6.07, 6.45) is 3.82. The lowest BCUT2D eigenvalue weighted by molar-refractivity contribution is 0.246. The quantitative estimate of drug-likeness (QED) is 0.615. The molecule has 2 heterocycles. The van der Waals surface area contributed by atoms with Gasteiger partial charge >= 0.3 is 6.03 Å². The molecule has 27 heavy (non-hydrogen) atoms. The molecule has 1 unspecified atom stereocenters. The van der Waals surface area contributed by atoms with E-state index in [4.69, 9.17) is 10.1 Å². The largest absolute Gasteiger partial charge is 0.476 e. The number of fused-ring (bicyclic) bond motifs is 2. The van der Waals surface area contributed by atoms with Crippen LogP contribution in [0.2, 0.25) is 0 Å². The Labute approximate surface area is 159 Å². The maximum atomic E-state index is 12.5. The van der Waals surface area contributed by atoms with Crippen LogP contribution in [0.5, 0.6) is 5.88 Å². The van der Waals surface area contributed by atoms with Crippen LogP contribution >= 0.6 is 0 Å². The standard InChI is InChI=1S/C20H25N5O2/c1-2-22-18-15(13-21)12-17-24-19(18)27-11-7-6-10-16(23-20(26)25-17)14-8-4-3-5-9-14/h3-5,8-9,12-13,16,21-22H,2,6-7,10-11H2,1H3,(H2,23,24,25,26). The summed E-state index contributed by atoms with van der Waals surface area (Å²) in [6.45, 7) is 3.19. The van der Waals surface area contributed by atoms with E-state index in [1.807, 2.05) is 37.3 Å². The minimum atomic E-state index is -0.324. The molecule has 0 aliphatic carbocycles. The topological polar surface area (TPSA) is 99.1 Å². The number of aromatic nitrogens is 1. The third kappa shape index (κ3) is 4.75. The number of benzene rings is 1. The van der Waals surface area contributed by atoms with Crippen molar-refractivity contribution in [1.82, 2.24) is 10.3 Å². The Morgan fingerprint density at radius 1 is 1.33 bits per heavy atom. The van der Waals surface area contributed by atoms with E-state index in [1.165, 1.54) is 6.21 Å². The van der Waals surface area contributed by atoms with Crippen molar-refractivity contribution >= 4 is 23.8 Å². The molecule has 142 valence electrons. The molecule has 3 rings (SSSR count). The fourth-order valence-electron chi connectivity index (χ4n) is 3.11. The Kier molecular flexibility index (Phi) is 6.25. The fourth-order valence-corrected chi connectivity index (χ4v) is 3.11. The molecule has 7 nitrogen and oxygen atoms in total. The summed E-state index contributed by atoms with van der Waals surface area (Å²) in [5.74, 6) is 0.767. The van der Waals surface area contributed by atoms with Crippen LogP contribution in [0, 0.1) is 5.41 Å². The van der Waals surface area contributed by atoms with Gasteiger partial charge in [-0.25, -0.2) is 4.79 Å². The zero-order chi connectivity index (χ0) is 19.1. The van der Waals surface area contributed by atoms with Crippen molar-refractivity contribution < 1.29 is 9.53 Å². The van der Waals surface area contributed by atoms with E-state index in [1.54, 1.807) is 6.07 Å². The fraction of sp³-hybridized carbons (Fsp3) is 0.350. The molecule has 4 N–H and O–H groups in total. The van der Waals surface area contributed by atoms with Gasteiger partial charge in [-0.15, -0.1) is 0 Å². The van der Waals surface area contributed by atoms with Crippen molar-refractivity contribution in [3.63, 3.8) is 0 Å². The number of carbonyl (C=O) groups excluding carboxylic acids is 1. The summed E-state index contributed by atoms with van der Waals surface area (Å²) >= 11 is 0. The van der Waals surface area contributed by atoms with Crippen LogP contribution in [0.3, 0.4) is 0 Å². The van der Waals surface area contributed by atoms with Gasteiger partial charge in [-0.2, -0.15) is 4.98 Å². The van der Waals surface area contributed by atoms with Crippen LogP contribution in [0.1, 0.15) is 43.4 Å². The normalized spacial score (nSPS) is 17.4. The minimum Gasteiger partial charge on any atom is -0.476 e. The second-order valence-electron chi connectivity index (χ2n) is 6.36. The highest BCUT2D eigenvalue weighted by atomic mass is 16.5. The van der Waals surface area contributed by atoms with E-state index in [9.17, 15) is 4.79 Å². The molecule has 1 atom stereocenters. The van der Waals surface area contributed by atoms with Crippen molar-refractivity contribution in [2.75, 3.05) is 23.8 Å². The number of amides is 2. The summed E-state index contributed by atoms with van der Waals surface area (Å²) in [7, 11) is 0. The van der Waals surface area contributed by atoms with E-state index in [2.05, 4.69) is 20.9 Å². The second kappa shape index (κ2) is 9.02. The van der Waals surface area contributed by atoms with E-state index >= 15 is 0 Å². The average Bonchev–Trinajstić information content (AvgIpc) is 2.68. The van der Waals surface area contributed by atoms with Gasteiger partial charge in [-0.1, -0.05) is 30.3 Å². The first-order valence-electron chi connectivity index (χ1n) is 9.26. The molecule has 1 aromatic heterocycles. The van der Waals surface area contributed by atoms with E-state index < -0.39 is 0 Å². The molecule has 1 aliphatic heterocycles. The Hall–Kier alpha value is -3.09. The summed E-state index contributed by atoms with van der Waals surface area (Å²) in [5.41, 5.74) is 2.37.